The summed E-state index contributed by atoms with van der Waals surface area (Å²) in [7, 11) is 1.65. The van der Waals surface area contributed by atoms with Crippen LogP contribution in [-0.2, 0) is 0 Å². The van der Waals surface area contributed by atoms with Gasteiger partial charge < -0.3 is 4.74 Å². The molecule has 2 aromatic carbocycles. The zero-order valence-corrected chi connectivity index (χ0v) is 17.2. The predicted octanol–water partition coefficient (Wildman–Crippen LogP) is 6.19. The van der Waals surface area contributed by atoms with Crippen LogP contribution in [0, 0.1) is 12.7 Å². The van der Waals surface area contributed by atoms with E-state index in [1.807, 2.05) is 54.9 Å². The molecule has 152 valence electrons. The van der Waals surface area contributed by atoms with E-state index in [-0.39, 0.29) is 5.82 Å². The van der Waals surface area contributed by atoms with E-state index in [1.54, 1.807) is 26.3 Å². The Morgan fingerprint density at radius 1 is 0.871 bits per heavy atom. The molecule has 0 amide bonds. The average molecular weight is 409 g/mol. The first-order valence-corrected chi connectivity index (χ1v) is 9.97. The minimum absolute atomic E-state index is 0.215. The Morgan fingerprint density at radius 2 is 1.68 bits per heavy atom. The maximum Gasteiger partial charge on any atom is 0.144 e. The monoisotopic (exact) mass is 409 g/mol. The number of nitrogens with zero attached hydrogens (tertiary/aromatic N) is 3. The van der Waals surface area contributed by atoms with Crippen LogP contribution in [0.5, 0.6) is 5.75 Å². The number of imidazole rings is 1. The summed E-state index contributed by atoms with van der Waals surface area (Å²) < 4.78 is 21.1. The third-order valence-corrected chi connectivity index (χ3v) is 5.43. The minimum Gasteiger partial charge on any atom is -0.497 e. The van der Waals surface area contributed by atoms with Gasteiger partial charge in [-0.1, -0.05) is 6.07 Å². The van der Waals surface area contributed by atoms with Gasteiger partial charge in [0, 0.05) is 29.1 Å². The van der Waals surface area contributed by atoms with E-state index in [9.17, 15) is 4.39 Å². The third-order valence-electron chi connectivity index (χ3n) is 5.43. The number of aryl methyl sites for hydroxylation is 1. The number of ether oxygens (including phenoxy) is 1. The van der Waals surface area contributed by atoms with Gasteiger partial charge in [-0.2, -0.15) is 0 Å². The minimum atomic E-state index is -0.215. The Labute approximate surface area is 179 Å². The molecule has 0 aliphatic heterocycles. The van der Waals surface area contributed by atoms with Crippen LogP contribution in [0.2, 0.25) is 0 Å². The molecule has 0 unspecified atom stereocenters. The first kappa shape index (κ1) is 19.0. The van der Waals surface area contributed by atoms with Crippen molar-refractivity contribution < 1.29 is 9.13 Å². The lowest BCUT2D eigenvalue weighted by molar-refractivity contribution is 0.415. The van der Waals surface area contributed by atoms with Crippen molar-refractivity contribution in [1.29, 1.82) is 0 Å². The van der Waals surface area contributed by atoms with Gasteiger partial charge in [0.05, 0.1) is 24.5 Å². The largest absolute Gasteiger partial charge is 0.497 e. The molecule has 5 heteroatoms. The molecule has 3 heterocycles. The fourth-order valence-corrected chi connectivity index (χ4v) is 3.78. The van der Waals surface area contributed by atoms with Crippen LogP contribution < -0.4 is 4.74 Å². The highest BCUT2D eigenvalue weighted by molar-refractivity contribution is 5.82. The Hall–Kier alpha value is -3.99. The fraction of sp³-hybridized carbons (Fsp3) is 0.0769. The van der Waals surface area contributed by atoms with E-state index in [0.29, 0.717) is 5.56 Å². The fourth-order valence-electron chi connectivity index (χ4n) is 3.78. The van der Waals surface area contributed by atoms with Crippen LogP contribution in [0.4, 0.5) is 4.39 Å². The average Bonchev–Trinajstić information content (AvgIpc) is 3.24. The van der Waals surface area contributed by atoms with Crippen LogP contribution in [0.15, 0.2) is 85.3 Å². The van der Waals surface area contributed by atoms with E-state index in [4.69, 9.17) is 4.74 Å². The Balaban J connectivity index is 1.58. The van der Waals surface area contributed by atoms with Gasteiger partial charge in [-0.15, -0.1) is 0 Å². The lowest BCUT2D eigenvalue weighted by Gasteiger charge is -2.11. The van der Waals surface area contributed by atoms with Crippen LogP contribution in [0.1, 0.15) is 5.56 Å². The third kappa shape index (κ3) is 3.44. The van der Waals surface area contributed by atoms with Gasteiger partial charge in [-0.05, 0) is 78.7 Å². The normalized spacial score (nSPS) is 11.1. The van der Waals surface area contributed by atoms with Gasteiger partial charge in [0.2, 0.25) is 0 Å². The Bertz CT molecular complexity index is 1390. The zero-order valence-electron chi connectivity index (χ0n) is 17.2. The molecular formula is C26H20FN3O. The molecule has 0 N–H and O–H groups in total. The number of aromatic nitrogens is 3. The summed E-state index contributed by atoms with van der Waals surface area (Å²) in [6.45, 7) is 1.76. The van der Waals surface area contributed by atoms with E-state index >= 15 is 0 Å². The first-order chi connectivity index (χ1) is 15.1. The molecule has 0 spiro atoms. The summed E-state index contributed by atoms with van der Waals surface area (Å²) in [4.78, 5) is 9.21. The Morgan fingerprint density at radius 3 is 2.45 bits per heavy atom. The molecule has 4 nitrogen and oxygen atoms in total. The molecule has 0 atom stereocenters. The molecular weight excluding hydrogens is 389 g/mol. The smallest absolute Gasteiger partial charge is 0.144 e. The molecule has 0 saturated heterocycles. The number of fused-ring (bicyclic) bond motifs is 1. The molecule has 0 radical (unpaired) electrons. The number of methoxy groups -OCH3 is 1. The summed E-state index contributed by atoms with van der Waals surface area (Å²) in [5.41, 5.74) is 6.32. The quantitative estimate of drug-likeness (QED) is 0.355. The van der Waals surface area contributed by atoms with Crippen LogP contribution in [-0.4, -0.2) is 21.5 Å². The van der Waals surface area contributed by atoms with Gasteiger partial charge in [0.25, 0.3) is 0 Å². The molecule has 5 aromatic rings. The van der Waals surface area contributed by atoms with Gasteiger partial charge in [0.1, 0.15) is 17.4 Å². The summed E-state index contributed by atoms with van der Waals surface area (Å²) in [6.07, 6.45) is 5.64. The van der Waals surface area contributed by atoms with Gasteiger partial charge in [-0.25, -0.2) is 9.37 Å². The summed E-state index contributed by atoms with van der Waals surface area (Å²) in [5.74, 6) is 1.46. The summed E-state index contributed by atoms with van der Waals surface area (Å²) in [6, 6.07) is 21.0. The molecule has 0 fully saturated rings. The van der Waals surface area contributed by atoms with Gasteiger partial charge in [-0.3, -0.25) is 9.38 Å². The molecule has 0 bridgehead atoms. The second-order valence-corrected chi connectivity index (χ2v) is 7.38. The van der Waals surface area contributed by atoms with Crippen molar-refractivity contribution in [3.8, 4) is 39.5 Å². The molecule has 5 rings (SSSR count). The van der Waals surface area contributed by atoms with Crippen molar-refractivity contribution in [3.05, 3.63) is 96.7 Å². The highest BCUT2D eigenvalue weighted by Crippen LogP contribution is 2.32. The maximum atomic E-state index is 13.8. The van der Waals surface area contributed by atoms with Gasteiger partial charge >= 0.3 is 0 Å². The van der Waals surface area contributed by atoms with Crippen molar-refractivity contribution in [2.24, 2.45) is 0 Å². The highest BCUT2D eigenvalue weighted by Gasteiger charge is 2.12. The van der Waals surface area contributed by atoms with E-state index < -0.39 is 0 Å². The Kier molecular flexibility index (Phi) is 4.71. The van der Waals surface area contributed by atoms with Crippen LogP contribution in [0.3, 0.4) is 0 Å². The van der Waals surface area contributed by atoms with E-state index in [0.717, 1.165) is 45.0 Å². The molecule has 3 aromatic heterocycles. The lowest BCUT2D eigenvalue weighted by Crippen LogP contribution is -1.93. The van der Waals surface area contributed by atoms with Crippen LogP contribution >= 0.6 is 0 Å². The topological polar surface area (TPSA) is 39.4 Å². The first-order valence-electron chi connectivity index (χ1n) is 9.97. The van der Waals surface area contributed by atoms with E-state index in [2.05, 4.69) is 26.5 Å². The molecule has 31 heavy (non-hydrogen) atoms. The number of halogens is 1. The molecule has 0 aliphatic carbocycles. The number of hydrogen-bond acceptors (Lipinski definition) is 3. The zero-order chi connectivity index (χ0) is 21.4. The van der Waals surface area contributed by atoms with Gasteiger partial charge in [0.15, 0.2) is 0 Å². The molecule has 0 aliphatic rings. The number of pyridine rings is 2. The second-order valence-electron chi connectivity index (χ2n) is 7.38. The summed E-state index contributed by atoms with van der Waals surface area (Å²) >= 11 is 0. The van der Waals surface area contributed by atoms with Crippen LogP contribution in [0.25, 0.3) is 39.3 Å². The SMILES string of the molecule is COc1ccc(-c2ncc3cc(-c4cccnc4-c4ccc(F)c(C)c4)ccn23)cc1. The maximum absolute atomic E-state index is 13.8. The second kappa shape index (κ2) is 7.69. The summed E-state index contributed by atoms with van der Waals surface area (Å²) in [5, 5.41) is 0. The number of rotatable bonds is 4. The highest BCUT2D eigenvalue weighted by atomic mass is 19.1. The van der Waals surface area contributed by atoms with Crippen molar-refractivity contribution >= 4 is 5.52 Å². The number of benzene rings is 2. The van der Waals surface area contributed by atoms with Crippen molar-refractivity contribution in [1.82, 2.24) is 14.4 Å². The van der Waals surface area contributed by atoms with E-state index in [1.165, 1.54) is 6.07 Å². The standard InChI is InChI=1S/C26H20FN3O/c1-17-14-20(7-10-24(17)27)25-23(4-3-12-28-25)19-11-13-30-21(15-19)16-29-26(30)18-5-8-22(31-2)9-6-18/h3-16H,1-2H3. The van der Waals surface area contributed by atoms with Crippen molar-refractivity contribution in [2.75, 3.05) is 7.11 Å². The lowest BCUT2D eigenvalue weighted by atomic mass is 9.99. The van der Waals surface area contributed by atoms with Crippen molar-refractivity contribution in [2.45, 2.75) is 6.92 Å². The number of hydrogen-bond donors (Lipinski definition) is 0. The van der Waals surface area contributed by atoms with Crippen molar-refractivity contribution in [3.63, 3.8) is 0 Å². The predicted molar refractivity (Wildman–Crippen MR) is 121 cm³/mol. The molecule has 0 saturated carbocycles.